The number of benzene rings is 2. The van der Waals surface area contributed by atoms with Gasteiger partial charge in [0.2, 0.25) is 0 Å². The summed E-state index contributed by atoms with van der Waals surface area (Å²) in [6.07, 6.45) is 3.95. The highest BCUT2D eigenvalue weighted by Gasteiger charge is 2.13. The molecule has 0 bridgehead atoms. The number of carbonyl (C=O) groups is 1. The second-order valence-corrected chi connectivity index (χ2v) is 6.53. The van der Waals surface area contributed by atoms with E-state index in [9.17, 15) is 4.79 Å². The Morgan fingerprint density at radius 2 is 2.04 bits per heavy atom. The first kappa shape index (κ1) is 15.7. The Kier molecular flexibility index (Phi) is 4.76. The second kappa shape index (κ2) is 6.96. The van der Waals surface area contributed by atoms with Crippen molar-refractivity contribution >= 4 is 33.7 Å². The van der Waals surface area contributed by atoms with Crippen LogP contribution in [0, 0.1) is 0 Å². The Balaban J connectivity index is 1.66. The fourth-order valence-electron chi connectivity index (χ4n) is 2.72. The molecule has 0 spiro atoms. The molecule has 23 heavy (non-hydrogen) atoms. The van der Waals surface area contributed by atoms with Crippen LogP contribution in [0.5, 0.6) is 0 Å². The Bertz CT molecular complexity index is 740. The molecule has 1 aliphatic rings. The van der Waals surface area contributed by atoms with Crippen LogP contribution in [-0.4, -0.2) is 25.7 Å². The Labute approximate surface area is 144 Å². The van der Waals surface area contributed by atoms with Gasteiger partial charge in [0.1, 0.15) is 0 Å². The quantitative estimate of drug-likeness (QED) is 0.661. The van der Waals surface area contributed by atoms with E-state index in [1.54, 1.807) is 18.3 Å². The van der Waals surface area contributed by atoms with Gasteiger partial charge in [-0.15, -0.1) is 0 Å². The summed E-state index contributed by atoms with van der Waals surface area (Å²) in [7, 11) is 2.12. The third-order valence-electron chi connectivity index (χ3n) is 3.94. The molecule has 0 fully saturated rings. The number of amides is 1. The number of hydrogen-bond acceptors (Lipinski definition) is 3. The van der Waals surface area contributed by atoms with Crippen molar-refractivity contribution in [2.24, 2.45) is 5.10 Å². The van der Waals surface area contributed by atoms with Gasteiger partial charge in [-0.2, -0.15) is 5.10 Å². The van der Waals surface area contributed by atoms with Crippen molar-refractivity contribution in [3.05, 3.63) is 63.6 Å². The average molecular weight is 372 g/mol. The monoisotopic (exact) mass is 371 g/mol. The van der Waals surface area contributed by atoms with Crippen LogP contribution < -0.4 is 10.3 Å². The van der Waals surface area contributed by atoms with Gasteiger partial charge in [0, 0.05) is 29.3 Å². The first-order chi connectivity index (χ1) is 11.1. The first-order valence-corrected chi connectivity index (χ1v) is 8.36. The zero-order chi connectivity index (χ0) is 16.2. The van der Waals surface area contributed by atoms with Gasteiger partial charge in [0.25, 0.3) is 5.91 Å². The largest absolute Gasteiger partial charge is 0.374 e. The summed E-state index contributed by atoms with van der Waals surface area (Å²) in [5.41, 5.74) is 6.76. The van der Waals surface area contributed by atoms with Crippen molar-refractivity contribution in [1.82, 2.24) is 5.43 Å². The van der Waals surface area contributed by atoms with E-state index >= 15 is 0 Å². The standard InChI is InChI=1S/C18H18BrN3O/c1-22-10-2-3-15-11-13(4-9-17(15)22)12-20-21-18(23)14-5-7-16(19)8-6-14/h4-9,11-12H,2-3,10H2,1H3,(H,21,23)/b20-12-. The topological polar surface area (TPSA) is 44.7 Å². The SMILES string of the molecule is CN1CCCc2cc(/C=N\NC(=O)c3ccc(Br)cc3)ccc21. The van der Waals surface area contributed by atoms with Gasteiger partial charge in [-0.1, -0.05) is 22.0 Å². The molecule has 1 N–H and O–H groups in total. The molecule has 3 rings (SSSR count). The van der Waals surface area contributed by atoms with Crippen LogP contribution in [0.1, 0.15) is 27.9 Å². The van der Waals surface area contributed by atoms with E-state index in [0.717, 1.165) is 23.0 Å². The Morgan fingerprint density at radius 3 is 2.83 bits per heavy atom. The number of rotatable bonds is 3. The van der Waals surface area contributed by atoms with E-state index in [1.165, 1.54) is 17.7 Å². The van der Waals surface area contributed by atoms with Gasteiger partial charge >= 0.3 is 0 Å². The van der Waals surface area contributed by atoms with Crippen molar-refractivity contribution < 1.29 is 4.79 Å². The number of carbonyl (C=O) groups excluding carboxylic acids is 1. The van der Waals surface area contributed by atoms with E-state index in [-0.39, 0.29) is 5.91 Å². The highest BCUT2D eigenvalue weighted by molar-refractivity contribution is 9.10. The molecule has 0 saturated heterocycles. The lowest BCUT2D eigenvalue weighted by Gasteiger charge is -2.27. The van der Waals surface area contributed by atoms with Crippen LogP contribution in [0.2, 0.25) is 0 Å². The molecule has 5 heteroatoms. The fourth-order valence-corrected chi connectivity index (χ4v) is 2.98. The fraction of sp³-hybridized carbons (Fsp3) is 0.222. The third-order valence-corrected chi connectivity index (χ3v) is 4.47. The third kappa shape index (κ3) is 3.79. The molecule has 1 heterocycles. The van der Waals surface area contributed by atoms with Crippen LogP contribution in [0.25, 0.3) is 0 Å². The van der Waals surface area contributed by atoms with Crippen molar-refractivity contribution in [3.8, 4) is 0 Å². The molecular weight excluding hydrogens is 354 g/mol. The summed E-state index contributed by atoms with van der Waals surface area (Å²) in [6, 6.07) is 13.5. The van der Waals surface area contributed by atoms with E-state index in [4.69, 9.17) is 0 Å². The second-order valence-electron chi connectivity index (χ2n) is 5.62. The molecule has 0 aliphatic carbocycles. The lowest BCUT2D eigenvalue weighted by atomic mass is 10.00. The lowest BCUT2D eigenvalue weighted by Crippen LogP contribution is -2.24. The summed E-state index contributed by atoms with van der Waals surface area (Å²) in [4.78, 5) is 14.2. The van der Waals surface area contributed by atoms with Crippen molar-refractivity contribution in [3.63, 3.8) is 0 Å². The molecule has 2 aromatic rings. The minimum Gasteiger partial charge on any atom is -0.374 e. The normalized spacial score (nSPS) is 13.9. The minimum absolute atomic E-state index is 0.216. The summed E-state index contributed by atoms with van der Waals surface area (Å²) in [5, 5.41) is 4.06. The number of fused-ring (bicyclic) bond motifs is 1. The Morgan fingerprint density at radius 1 is 1.26 bits per heavy atom. The highest BCUT2D eigenvalue weighted by Crippen LogP contribution is 2.26. The number of halogens is 1. The summed E-state index contributed by atoms with van der Waals surface area (Å²) >= 11 is 3.35. The first-order valence-electron chi connectivity index (χ1n) is 7.56. The van der Waals surface area contributed by atoms with Crippen LogP contribution in [0.3, 0.4) is 0 Å². The number of anilines is 1. The maximum Gasteiger partial charge on any atom is 0.271 e. The molecular formula is C18H18BrN3O. The van der Waals surface area contributed by atoms with Gasteiger partial charge in [-0.3, -0.25) is 4.79 Å². The number of nitrogens with zero attached hydrogens (tertiary/aromatic N) is 2. The van der Waals surface area contributed by atoms with Gasteiger partial charge in [0.05, 0.1) is 6.21 Å². The van der Waals surface area contributed by atoms with E-state index in [1.807, 2.05) is 18.2 Å². The predicted octanol–water partition coefficient (Wildman–Crippen LogP) is 3.60. The molecule has 4 nitrogen and oxygen atoms in total. The van der Waals surface area contributed by atoms with Gasteiger partial charge in [0.15, 0.2) is 0 Å². The molecule has 2 aromatic carbocycles. The summed E-state index contributed by atoms with van der Waals surface area (Å²) in [6.45, 7) is 1.10. The number of hydrogen-bond donors (Lipinski definition) is 1. The average Bonchev–Trinajstić information content (AvgIpc) is 2.55. The maximum absolute atomic E-state index is 12.0. The summed E-state index contributed by atoms with van der Waals surface area (Å²) < 4.78 is 0.941. The highest BCUT2D eigenvalue weighted by atomic mass is 79.9. The van der Waals surface area contributed by atoms with Crippen LogP contribution in [0.4, 0.5) is 5.69 Å². The molecule has 0 radical (unpaired) electrons. The molecule has 0 saturated carbocycles. The number of hydrazone groups is 1. The zero-order valence-corrected chi connectivity index (χ0v) is 14.5. The molecule has 1 amide bonds. The van der Waals surface area contributed by atoms with Crippen molar-refractivity contribution in [2.75, 3.05) is 18.5 Å². The van der Waals surface area contributed by atoms with Gasteiger partial charge in [-0.05, 0) is 60.4 Å². The molecule has 118 valence electrons. The number of aryl methyl sites for hydroxylation is 1. The minimum atomic E-state index is -0.216. The van der Waals surface area contributed by atoms with Gasteiger partial charge < -0.3 is 4.90 Å². The van der Waals surface area contributed by atoms with E-state index in [0.29, 0.717) is 5.56 Å². The predicted molar refractivity (Wildman–Crippen MR) is 97.2 cm³/mol. The molecule has 0 unspecified atom stereocenters. The maximum atomic E-state index is 12.0. The van der Waals surface area contributed by atoms with Gasteiger partial charge in [-0.25, -0.2) is 5.43 Å². The van der Waals surface area contributed by atoms with Crippen molar-refractivity contribution in [2.45, 2.75) is 12.8 Å². The number of nitrogens with one attached hydrogen (secondary N) is 1. The lowest BCUT2D eigenvalue weighted by molar-refractivity contribution is 0.0955. The van der Waals surface area contributed by atoms with Crippen LogP contribution in [0.15, 0.2) is 52.0 Å². The van der Waals surface area contributed by atoms with Crippen molar-refractivity contribution in [1.29, 1.82) is 0 Å². The Hall–Kier alpha value is -2.14. The molecule has 0 aromatic heterocycles. The zero-order valence-electron chi connectivity index (χ0n) is 12.9. The molecule has 1 aliphatic heterocycles. The van der Waals surface area contributed by atoms with Crippen LogP contribution >= 0.6 is 15.9 Å². The molecule has 0 atom stereocenters. The summed E-state index contributed by atoms with van der Waals surface area (Å²) in [5.74, 6) is -0.216. The van der Waals surface area contributed by atoms with E-state index in [2.05, 4.69) is 50.5 Å². The smallest absolute Gasteiger partial charge is 0.271 e. The van der Waals surface area contributed by atoms with Crippen LogP contribution in [-0.2, 0) is 6.42 Å². The van der Waals surface area contributed by atoms with E-state index < -0.39 is 0 Å².